The van der Waals surface area contributed by atoms with Gasteiger partial charge < -0.3 is 5.73 Å². The lowest BCUT2D eigenvalue weighted by Gasteiger charge is -2.12. The smallest absolute Gasteiger partial charge is 0.0640 e. The van der Waals surface area contributed by atoms with Gasteiger partial charge in [0.1, 0.15) is 0 Å². The highest BCUT2D eigenvalue weighted by molar-refractivity contribution is 5.17. The van der Waals surface area contributed by atoms with Crippen molar-refractivity contribution in [3.8, 4) is 0 Å². The molecule has 2 N–H and O–H groups in total. The number of nitrogens with two attached hydrogens (primary N) is 1. The van der Waals surface area contributed by atoms with E-state index in [1.807, 2.05) is 4.68 Å². The van der Waals surface area contributed by atoms with E-state index in [0.717, 1.165) is 12.1 Å². The second kappa shape index (κ2) is 4.09. The van der Waals surface area contributed by atoms with E-state index in [1.165, 1.54) is 0 Å². The molecule has 0 amide bonds. The Morgan fingerprint density at radius 2 is 1.83 bits per heavy atom. The average molecular weight is 249 g/mol. The fourth-order valence-electron chi connectivity index (χ4n) is 3.45. The summed E-state index contributed by atoms with van der Waals surface area (Å²) in [5.74, 6) is 0.592. The van der Waals surface area contributed by atoms with E-state index in [0.29, 0.717) is 22.8 Å². The fourth-order valence-corrected chi connectivity index (χ4v) is 3.45. The Morgan fingerprint density at radius 1 is 1.28 bits per heavy atom. The van der Waals surface area contributed by atoms with E-state index in [2.05, 4.69) is 58.9 Å². The second-order valence-electron chi connectivity index (χ2n) is 7.17. The molecule has 1 unspecified atom stereocenters. The number of hydrogen-bond donors (Lipinski definition) is 1. The summed E-state index contributed by atoms with van der Waals surface area (Å²) in [5.41, 5.74) is 8.23. The van der Waals surface area contributed by atoms with E-state index in [-0.39, 0.29) is 6.04 Å². The first kappa shape index (κ1) is 13.6. The zero-order valence-electron chi connectivity index (χ0n) is 12.6. The molecule has 3 nitrogen and oxygen atoms in total. The molecule has 0 radical (unpaired) electrons. The Labute approximate surface area is 111 Å². The number of hydrogen-bond acceptors (Lipinski definition) is 2. The van der Waals surface area contributed by atoms with Gasteiger partial charge in [-0.25, -0.2) is 0 Å². The van der Waals surface area contributed by atoms with Crippen LogP contribution in [0.4, 0.5) is 0 Å². The summed E-state index contributed by atoms with van der Waals surface area (Å²) in [6.07, 6.45) is 2.94. The lowest BCUT2D eigenvalue weighted by molar-refractivity contribution is 0.457. The maximum Gasteiger partial charge on any atom is 0.0640 e. The van der Waals surface area contributed by atoms with E-state index >= 15 is 0 Å². The molecule has 1 aliphatic carbocycles. The van der Waals surface area contributed by atoms with Gasteiger partial charge in [-0.15, -0.1) is 0 Å². The minimum atomic E-state index is 0.213. The van der Waals surface area contributed by atoms with Gasteiger partial charge in [-0.3, -0.25) is 4.68 Å². The first-order valence-electron chi connectivity index (χ1n) is 6.97. The van der Waals surface area contributed by atoms with Gasteiger partial charge in [0.05, 0.1) is 5.69 Å². The predicted octanol–water partition coefficient (Wildman–Crippen LogP) is 3.02. The van der Waals surface area contributed by atoms with Gasteiger partial charge >= 0.3 is 0 Å². The van der Waals surface area contributed by atoms with Crippen LogP contribution in [-0.4, -0.2) is 15.8 Å². The van der Waals surface area contributed by atoms with Crippen molar-refractivity contribution in [3.05, 3.63) is 18.0 Å². The number of nitrogens with zero attached hydrogens (tertiary/aromatic N) is 2. The zero-order valence-corrected chi connectivity index (χ0v) is 12.6. The summed E-state index contributed by atoms with van der Waals surface area (Å²) in [6.45, 7) is 13.6. The van der Waals surface area contributed by atoms with Crippen LogP contribution >= 0.6 is 0 Å². The fraction of sp³-hybridized carbons (Fsp3) is 0.800. The Kier molecular flexibility index (Phi) is 3.09. The maximum atomic E-state index is 6.40. The maximum absolute atomic E-state index is 6.40. The third-order valence-electron chi connectivity index (χ3n) is 5.20. The third kappa shape index (κ3) is 1.99. The van der Waals surface area contributed by atoms with Crippen LogP contribution in [0.1, 0.15) is 53.3 Å². The van der Waals surface area contributed by atoms with Crippen molar-refractivity contribution >= 4 is 0 Å². The zero-order chi connectivity index (χ0) is 13.7. The topological polar surface area (TPSA) is 43.8 Å². The van der Waals surface area contributed by atoms with Gasteiger partial charge in [0, 0.05) is 24.7 Å². The molecule has 2 rings (SSSR count). The van der Waals surface area contributed by atoms with Gasteiger partial charge in [-0.1, -0.05) is 27.7 Å². The van der Waals surface area contributed by atoms with E-state index in [9.17, 15) is 0 Å². The van der Waals surface area contributed by atoms with Crippen LogP contribution in [-0.2, 0) is 6.42 Å². The molecule has 0 aromatic carbocycles. The number of rotatable bonds is 4. The monoisotopic (exact) mass is 249 g/mol. The summed E-state index contributed by atoms with van der Waals surface area (Å²) in [4.78, 5) is 0. The van der Waals surface area contributed by atoms with Crippen LogP contribution in [0.3, 0.4) is 0 Å². The molecule has 18 heavy (non-hydrogen) atoms. The summed E-state index contributed by atoms with van der Waals surface area (Å²) in [6, 6.07) is 2.73. The SMILES string of the molecule is CC(C)n1ccc(CC(N)C2C(C)(C)C2(C)C)n1. The lowest BCUT2D eigenvalue weighted by atomic mass is 10.0. The van der Waals surface area contributed by atoms with Crippen LogP contribution in [0.2, 0.25) is 0 Å². The molecule has 0 aliphatic heterocycles. The molecule has 0 saturated heterocycles. The third-order valence-corrected chi connectivity index (χ3v) is 5.20. The van der Waals surface area contributed by atoms with Crippen LogP contribution in [0.15, 0.2) is 12.3 Å². The van der Waals surface area contributed by atoms with Crippen LogP contribution in [0.5, 0.6) is 0 Å². The largest absolute Gasteiger partial charge is 0.327 e. The Hall–Kier alpha value is -0.830. The van der Waals surface area contributed by atoms with E-state index < -0.39 is 0 Å². The molecule has 3 heteroatoms. The Balaban J connectivity index is 2.02. The molecular weight excluding hydrogens is 222 g/mol. The molecule has 1 fully saturated rings. The van der Waals surface area contributed by atoms with Crippen molar-refractivity contribution in [2.45, 2.75) is 60.0 Å². The van der Waals surface area contributed by atoms with Gasteiger partial charge in [-0.2, -0.15) is 5.10 Å². The summed E-state index contributed by atoms with van der Waals surface area (Å²) < 4.78 is 2.01. The van der Waals surface area contributed by atoms with E-state index in [1.54, 1.807) is 0 Å². The average Bonchev–Trinajstić information content (AvgIpc) is 2.60. The minimum Gasteiger partial charge on any atom is -0.327 e. The highest BCUT2D eigenvalue weighted by Gasteiger charge is 2.66. The normalized spacial score (nSPS) is 23.3. The molecule has 1 aliphatic rings. The number of aromatic nitrogens is 2. The summed E-state index contributed by atoms with van der Waals surface area (Å²) >= 11 is 0. The molecule has 102 valence electrons. The van der Waals surface area contributed by atoms with Crippen molar-refractivity contribution in [1.82, 2.24) is 9.78 Å². The van der Waals surface area contributed by atoms with Gasteiger partial charge in [-0.05, 0) is 36.7 Å². The Bertz CT molecular complexity index is 415. The quantitative estimate of drug-likeness (QED) is 0.891. The molecule has 1 heterocycles. The summed E-state index contributed by atoms with van der Waals surface area (Å²) in [7, 11) is 0. The minimum absolute atomic E-state index is 0.213. The van der Waals surface area contributed by atoms with Crippen molar-refractivity contribution in [1.29, 1.82) is 0 Å². The molecule has 1 aromatic rings. The molecule has 1 atom stereocenters. The van der Waals surface area contributed by atoms with Crippen LogP contribution in [0.25, 0.3) is 0 Å². The van der Waals surface area contributed by atoms with Gasteiger partial charge in [0.2, 0.25) is 0 Å². The van der Waals surface area contributed by atoms with Crippen molar-refractivity contribution in [3.63, 3.8) is 0 Å². The summed E-state index contributed by atoms with van der Waals surface area (Å²) in [5, 5.41) is 4.59. The van der Waals surface area contributed by atoms with Gasteiger partial charge in [0.25, 0.3) is 0 Å². The first-order valence-corrected chi connectivity index (χ1v) is 6.97. The molecular formula is C15H27N3. The Morgan fingerprint density at radius 3 is 2.22 bits per heavy atom. The van der Waals surface area contributed by atoms with Crippen molar-refractivity contribution in [2.24, 2.45) is 22.5 Å². The van der Waals surface area contributed by atoms with Gasteiger partial charge in [0.15, 0.2) is 0 Å². The first-order chi connectivity index (χ1) is 8.18. The lowest BCUT2D eigenvalue weighted by Crippen LogP contribution is -2.28. The molecule has 1 aromatic heterocycles. The van der Waals surface area contributed by atoms with Crippen molar-refractivity contribution in [2.75, 3.05) is 0 Å². The molecule has 0 spiro atoms. The van der Waals surface area contributed by atoms with Crippen molar-refractivity contribution < 1.29 is 0 Å². The van der Waals surface area contributed by atoms with E-state index in [4.69, 9.17) is 5.73 Å². The highest BCUT2D eigenvalue weighted by Crippen LogP contribution is 2.69. The molecule has 1 saturated carbocycles. The van der Waals surface area contributed by atoms with Crippen LogP contribution in [0, 0.1) is 16.7 Å². The standard InChI is InChI=1S/C15H27N3/c1-10(2)18-8-7-11(17-18)9-12(16)13-14(3,4)15(13,5)6/h7-8,10,12-13H,9,16H2,1-6H3. The van der Waals surface area contributed by atoms with Crippen LogP contribution < -0.4 is 5.73 Å². The predicted molar refractivity (Wildman–Crippen MR) is 75.3 cm³/mol. The highest BCUT2D eigenvalue weighted by atomic mass is 15.3. The molecule has 0 bridgehead atoms. The second-order valence-corrected chi connectivity index (χ2v) is 7.17.